The first-order valence-electron chi connectivity index (χ1n) is 15.2. The van der Waals surface area contributed by atoms with Gasteiger partial charge in [-0.25, -0.2) is 4.79 Å². The number of carbonyl (C=O) groups is 3. The SMILES string of the molecule is COc1ccc(C(O)(c2ccc(OCCCC(=O)ON3C(=O)CCC3=O)cc2)c2ccc3ccc4cccc5ccc2c3c45)cc1. The van der Waals surface area contributed by atoms with Gasteiger partial charge in [-0.3, -0.25) is 9.59 Å². The molecule has 0 spiro atoms. The van der Waals surface area contributed by atoms with Gasteiger partial charge in [-0.2, -0.15) is 0 Å². The van der Waals surface area contributed by atoms with Crippen LogP contribution in [0, 0.1) is 0 Å². The molecule has 46 heavy (non-hydrogen) atoms. The predicted molar refractivity (Wildman–Crippen MR) is 174 cm³/mol. The smallest absolute Gasteiger partial charge is 0.333 e. The molecule has 1 N–H and O–H groups in total. The van der Waals surface area contributed by atoms with Crippen LogP contribution in [0.1, 0.15) is 42.4 Å². The number of carbonyl (C=O) groups excluding carboxylic acids is 3. The molecule has 1 fully saturated rings. The van der Waals surface area contributed by atoms with Gasteiger partial charge in [0.05, 0.1) is 20.1 Å². The highest BCUT2D eigenvalue weighted by molar-refractivity contribution is 6.23. The van der Waals surface area contributed by atoms with Crippen molar-refractivity contribution >= 4 is 50.1 Å². The molecule has 0 bridgehead atoms. The highest BCUT2D eigenvalue weighted by Crippen LogP contribution is 2.44. The average molecular weight is 614 g/mol. The van der Waals surface area contributed by atoms with Crippen LogP contribution < -0.4 is 9.47 Å². The van der Waals surface area contributed by atoms with E-state index in [2.05, 4.69) is 48.5 Å². The Morgan fingerprint density at radius 3 is 1.93 bits per heavy atom. The fourth-order valence-corrected chi connectivity index (χ4v) is 6.36. The van der Waals surface area contributed by atoms with E-state index < -0.39 is 23.4 Å². The first-order valence-corrected chi connectivity index (χ1v) is 15.2. The van der Waals surface area contributed by atoms with Crippen molar-refractivity contribution in [2.45, 2.75) is 31.3 Å². The number of nitrogens with zero attached hydrogens (tertiary/aromatic N) is 1. The molecule has 2 amide bonds. The van der Waals surface area contributed by atoms with Crippen LogP contribution in [0.3, 0.4) is 0 Å². The lowest BCUT2D eigenvalue weighted by molar-refractivity contribution is -0.197. The van der Waals surface area contributed by atoms with Gasteiger partial charge in [0.15, 0.2) is 0 Å². The Kier molecular flexibility index (Phi) is 7.50. The topological polar surface area (TPSA) is 102 Å². The molecular formula is C38H31NO7. The van der Waals surface area contributed by atoms with Gasteiger partial charge in [-0.1, -0.05) is 78.9 Å². The summed E-state index contributed by atoms with van der Waals surface area (Å²) in [5.74, 6) is -0.430. The van der Waals surface area contributed by atoms with Crippen molar-refractivity contribution in [3.63, 3.8) is 0 Å². The van der Waals surface area contributed by atoms with E-state index in [0.29, 0.717) is 34.1 Å². The van der Waals surface area contributed by atoms with Crippen LogP contribution in [0.5, 0.6) is 11.5 Å². The van der Waals surface area contributed by atoms with Crippen LogP contribution >= 0.6 is 0 Å². The molecule has 0 aliphatic carbocycles. The minimum atomic E-state index is -1.51. The zero-order valence-electron chi connectivity index (χ0n) is 25.2. The first-order chi connectivity index (χ1) is 22.4. The summed E-state index contributed by atoms with van der Waals surface area (Å²) in [6.07, 6.45) is 0.418. The van der Waals surface area contributed by atoms with Crippen molar-refractivity contribution in [1.82, 2.24) is 5.06 Å². The van der Waals surface area contributed by atoms with Crippen LogP contribution in [-0.4, -0.2) is 41.7 Å². The second-order valence-corrected chi connectivity index (χ2v) is 11.4. The number of amides is 2. The summed E-state index contributed by atoms with van der Waals surface area (Å²) in [7, 11) is 1.61. The molecule has 6 aromatic rings. The van der Waals surface area contributed by atoms with Crippen LogP contribution in [-0.2, 0) is 24.8 Å². The largest absolute Gasteiger partial charge is 0.497 e. The number of ether oxygens (including phenoxy) is 2. The molecule has 0 radical (unpaired) electrons. The van der Waals surface area contributed by atoms with Gasteiger partial charge >= 0.3 is 5.97 Å². The van der Waals surface area contributed by atoms with E-state index in [1.54, 1.807) is 19.2 Å². The van der Waals surface area contributed by atoms with Gasteiger partial charge in [0.2, 0.25) is 0 Å². The van der Waals surface area contributed by atoms with E-state index in [0.717, 1.165) is 32.5 Å². The summed E-state index contributed by atoms with van der Waals surface area (Å²) < 4.78 is 11.3. The molecule has 1 heterocycles. The van der Waals surface area contributed by atoms with Crippen molar-refractivity contribution in [2.24, 2.45) is 0 Å². The molecule has 1 unspecified atom stereocenters. The molecular weight excluding hydrogens is 582 g/mol. The Balaban J connectivity index is 1.18. The number of aliphatic hydroxyl groups is 1. The van der Waals surface area contributed by atoms with Crippen LogP contribution in [0.2, 0.25) is 0 Å². The number of rotatable bonds is 10. The minimum Gasteiger partial charge on any atom is -0.497 e. The normalized spacial score (nSPS) is 14.7. The maximum absolute atomic E-state index is 12.9. The van der Waals surface area contributed by atoms with Crippen molar-refractivity contribution in [2.75, 3.05) is 13.7 Å². The molecule has 0 saturated carbocycles. The standard InChI is InChI=1S/C38H31NO7/c1-44-29-15-11-27(12-16-29)38(43,32-20-10-26-8-7-24-4-2-5-25-9-19-31(32)37(26)36(24)25)28-13-17-30(18-14-28)45-23-3-6-35(42)46-39-33(40)21-22-34(39)41/h2,4-5,7-20,43H,3,6,21-23H2,1H3. The molecule has 6 aromatic carbocycles. The van der Waals surface area contributed by atoms with E-state index >= 15 is 0 Å². The third-order valence-corrected chi connectivity index (χ3v) is 8.69. The molecule has 1 atom stereocenters. The van der Waals surface area contributed by atoms with Crippen LogP contribution in [0.25, 0.3) is 32.3 Å². The molecule has 1 saturated heterocycles. The highest BCUT2D eigenvalue weighted by Gasteiger charge is 2.36. The third kappa shape index (κ3) is 5.06. The molecule has 0 aromatic heterocycles. The summed E-state index contributed by atoms with van der Waals surface area (Å²) in [6.45, 7) is 0.216. The highest BCUT2D eigenvalue weighted by atomic mass is 16.7. The number of imide groups is 1. The number of hydrogen-bond donors (Lipinski definition) is 1. The van der Waals surface area contributed by atoms with E-state index in [4.69, 9.17) is 14.3 Å². The molecule has 1 aliphatic rings. The van der Waals surface area contributed by atoms with Gasteiger partial charge < -0.3 is 19.4 Å². The van der Waals surface area contributed by atoms with Crippen molar-refractivity contribution in [3.8, 4) is 11.5 Å². The second-order valence-electron chi connectivity index (χ2n) is 11.4. The lowest BCUT2D eigenvalue weighted by atomic mass is 9.77. The maximum Gasteiger partial charge on any atom is 0.333 e. The third-order valence-electron chi connectivity index (χ3n) is 8.69. The van der Waals surface area contributed by atoms with E-state index in [-0.39, 0.29) is 25.9 Å². The maximum atomic E-state index is 12.9. The molecule has 8 heteroatoms. The average Bonchev–Trinajstić information content (AvgIpc) is 3.41. The Bertz CT molecular complexity index is 2060. The Morgan fingerprint density at radius 2 is 1.30 bits per heavy atom. The van der Waals surface area contributed by atoms with E-state index in [1.165, 1.54) is 5.39 Å². The second kappa shape index (κ2) is 11.8. The quantitative estimate of drug-likeness (QED) is 0.0800. The van der Waals surface area contributed by atoms with E-state index in [9.17, 15) is 19.5 Å². The predicted octanol–water partition coefficient (Wildman–Crippen LogP) is 6.64. The Hall–Kier alpha value is -5.47. The van der Waals surface area contributed by atoms with E-state index in [1.807, 2.05) is 42.5 Å². The molecule has 7 rings (SSSR count). The van der Waals surface area contributed by atoms with Gasteiger partial charge in [0.25, 0.3) is 11.8 Å². The van der Waals surface area contributed by atoms with Gasteiger partial charge in [0.1, 0.15) is 17.1 Å². The van der Waals surface area contributed by atoms with Crippen molar-refractivity contribution < 1.29 is 33.8 Å². The Morgan fingerprint density at radius 1 is 0.739 bits per heavy atom. The summed E-state index contributed by atoms with van der Waals surface area (Å²) >= 11 is 0. The minimum absolute atomic E-state index is 0.0129. The summed E-state index contributed by atoms with van der Waals surface area (Å²) in [5.41, 5.74) is 0.584. The molecule has 1 aliphatic heterocycles. The van der Waals surface area contributed by atoms with Gasteiger partial charge in [0, 0.05) is 18.4 Å². The van der Waals surface area contributed by atoms with Gasteiger partial charge in [-0.05, 0) is 74.1 Å². The van der Waals surface area contributed by atoms with Crippen LogP contribution in [0.15, 0.2) is 103 Å². The van der Waals surface area contributed by atoms with Gasteiger partial charge in [-0.15, -0.1) is 5.06 Å². The molecule has 230 valence electrons. The lowest BCUT2D eigenvalue weighted by Crippen LogP contribution is -2.32. The summed E-state index contributed by atoms with van der Waals surface area (Å²) in [4.78, 5) is 40.4. The van der Waals surface area contributed by atoms with Crippen molar-refractivity contribution in [1.29, 1.82) is 0 Å². The molecule has 8 nitrogen and oxygen atoms in total. The zero-order chi connectivity index (χ0) is 31.8. The Labute approximate surface area is 265 Å². The first kappa shape index (κ1) is 29.3. The van der Waals surface area contributed by atoms with Crippen LogP contribution in [0.4, 0.5) is 0 Å². The zero-order valence-corrected chi connectivity index (χ0v) is 25.2. The number of benzene rings is 6. The van der Waals surface area contributed by atoms with Crippen molar-refractivity contribution in [3.05, 3.63) is 120 Å². The number of methoxy groups -OCH3 is 1. The fourth-order valence-electron chi connectivity index (χ4n) is 6.36. The summed E-state index contributed by atoms with van der Waals surface area (Å²) in [6, 6.07) is 33.5. The number of hydroxylamine groups is 2. The summed E-state index contributed by atoms with van der Waals surface area (Å²) in [5, 5.41) is 20.0. The fraction of sp³-hybridized carbons (Fsp3) is 0.184. The lowest BCUT2D eigenvalue weighted by Gasteiger charge is -2.32. The number of hydrogen-bond acceptors (Lipinski definition) is 7. The monoisotopic (exact) mass is 613 g/mol.